The molecule has 4 aromatic carbocycles. The highest BCUT2D eigenvalue weighted by Gasteiger charge is 2.17. The van der Waals surface area contributed by atoms with Crippen molar-refractivity contribution in [2.45, 2.75) is 45.9 Å². The van der Waals surface area contributed by atoms with Gasteiger partial charge in [-0.15, -0.1) is 0 Å². The molecule has 0 saturated carbocycles. The Balaban J connectivity index is 1.52. The Bertz CT molecular complexity index is 1440. The third-order valence-corrected chi connectivity index (χ3v) is 6.95. The van der Waals surface area contributed by atoms with E-state index in [2.05, 4.69) is 108 Å². The van der Waals surface area contributed by atoms with Gasteiger partial charge in [0.15, 0.2) is 0 Å². The Hall–Kier alpha value is -3.89. The quantitative estimate of drug-likeness (QED) is 0.190. The monoisotopic (exact) mass is 489 g/mol. The van der Waals surface area contributed by atoms with Crippen LogP contribution in [0, 0.1) is 0 Å². The summed E-state index contributed by atoms with van der Waals surface area (Å²) in [7, 11) is 1.75. The minimum Gasteiger partial charge on any atom is -0.496 e. The molecule has 5 rings (SSSR count). The summed E-state index contributed by atoms with van der Waals surface area (Å²) in [5.74, 6) is 1.97. The summed E-state index contributed by atoms with van der Waals surface area (Å²) < 4.78 is 8.13. The number of benzene rings is 4. The van der Waals surface area contributed by atoms with Gasteiger partial charge in [-0.3, -0.25) is 4.90 Å². The van der Waals surface area contributed by atoms with E-state index in [-0.39, 0.29) is 0 Å². The summed E-state index contributed by atoms with van der Waals surface area (Å²) >= 11 is 0. The van der Waals surface area contributed by atoms with Crippen LogP contribution in [0.15, 0.2) is 103 Å². The Morgan fingerprint density at radius 1 is 0.757 bits per heavy atom. The molecule has 4 heteroatoms. The lowest BCUT2D eigenvalue weighted by atomic mass is 10.0. The zero-order chi connectivity index (χ0) is 25.5. The highest BCUT2D eigenvalue weighted by molar-refractivity contribution is 5.85. The molecule has 188 valence electrons. The first kappa shape index (κ1) is 24.8. The first-order chi connectivity index (χ1) is 18.3. The fraction of sp³-hybridized carbons (Fsp3) is 0.242. The van der Waals surface area contributed by atoms with E-state index in [9.17, 15) is 0 Å². The average Bonchev–Trinajstić information content (AvgIpc) is 3.34. The number of ether oxygens (including phenoxy) is 1. The fourth-order valence-corrected chi connectivity index (χ4v) is 5.06. The zero-order valence-electron chi connectivity index (χ0n) is 21.8. The molecule has 0 N–H and O–H groups in total. The van der Waals surface area contributed by atoms with Crippen LogP contribution in [0.25, 0.3) is 22.2 Å². The largest absolute Gasteiger partial charge is 0.496 e. The van der Waals surface area contributed by atoms with Gasteiger partial charge in [-0.2, -0.15) is 0 Å². The minimum atomic E-state index is 0.785. The highest BCUT2D eigenvalue weighted by Crippen LogP contribution is 2.27. The molecule has 37 heavy (non-hydrogen) atoms. The van der Waals surface area contributed by atoms with Crippen molar-refractivity contribution in [1.29, 1.82) is 0 Å². The number of para-hydroxylation sites is 1. The second kappa shape index (κ2) is 11.9. The van der Waals surface area contributed by atoms with Crippen LogP contribution in [0.3, 0.4) is 0 Å². The molecular weight excluding hydrogens is 454 g/mol. The first-order valence-electron chi connectivity index (χ1n) is 13.2. The van der Waals surface area contributed by atoms with Crippen LogP contribution >= 0.6 is 0 Å². The summed E-state index contributed by atoms with van der Waals surface area (Å²) in [5, 5.41) is 2.58. The van der Waals surface area contributed by atoms with Gasteiger partial charge in [0.1, 0.15) is 11.6 Å². The van der Waals surface area contributed by atoms with Gasteiger partial charge in [0.05, 0.1) is 19.0 Å². The van der Waals surface area contributed by atoms with E-state index in [0.717, 1.165) is 56.2 Å². The van der Waals surface area contributed by atoms with Crippen molar-refractivity contribution in [2.24, 2.45) is 0 Å². The lowest BCUT2D eigenvalue weighted by Gasteiger charge is -2.25. The molecule has 0 unspecified atom stereocenters. The Labute approximate surface area is 220 Å². The predicted molar refractivity (Wildman–Crippen MR) is 152 cm³/mol. The van der Waals surface area contributed by atoms with Crippen LogP contribution in [0.4, 0.5) is 0 Å². The van der Waals surface area contributed by atoms with Crippen molar-refractivity contribution in [2.75, 3.05) is 7.11 Å². The smallest absolute Gasteiger partial charge is 0.140 e. The summed E-state index contributed by atoms with van der Waals surface area (Å²) in [6.45, 7) is 5.62. The Morgan fingerprint density at radius 3 is 2.30 bits per heavy atom. The average molecular weight is 490 g/mol. The SMILES string of the molecule is CCCCn1c(CN(Cc2ccccc2OC)Cc2cccc3ccccc23)cnc1-c1ccccc1. The standard InChI is InChI=1S/C33H35N3O/c1-3-4-21-36-30(22-34-33(36)27-14-6-5-7-15-27)25-35(24-29-16-9-11-20-32(29)37-2)23-28-18-12-17-26-13-8-10-19-31(26)28/h5-20,22H,3-4,21,23-25H2,1-2H3. The molecule has 0 aliphatic carbocycles. The zero-order valence-corrected chi connectivity index (χ0v) is 21.8. The van der Waals surface area contributed by atoms with Gasteiger partial charge in [-0.1, -0.05) is 104 Å². The van der Waals surface area contributed by atoms with Gasteiger partial charge in [0.25, 0.3) is 0 Å². The van der Waals surface area contributed by atoms with E-state index in [4.69, 9.17) is 9.72 Å². The van der Waals surface area contributed by atoms with Crippen molar-refractivity contribution < 1.29 is 4.74 Å². The van der Waals surface area contributed by atoms with E-state index in [1.54, 1.807) is 7.11 Å². The van der Waals surface area contributed by atoms with Crippen molar-refractivity contribution in [3.05, 3.63) is 120 Å². The number of unbranched alkanes of at least 4 members (excludes halogenated alkanes) is 1. The lowest BCUT2D eigenvalue weighted by Crippen LogP contribution is -2.24. The van der Waals surface area contributed by atoms with Crippen LogP contribution in [-0.2, 0) is 26.2 Å². The van der Waals surface area contributed by atoms with Gasteiger partial charge in [0, 0.05) is 37.3 Å². The van der Waals surface area contributed by atoms with Crippen molar-refractivity contribution in [1.82, 2.24) is 14.5 Å². The molecule has 1 heterocycles. The number of rotatable bonds is 11. The maximum Gasteiger partial charge on any atom is 0.140 e. The summed E-state index contributed by atoms with van der Waals surface area (Å²) in [6.07, 6.45) is 4.34. The van der Waals surface area contributed by atoms with Crippen molar-refractivity contribution in [3.8, 4) is 17.1 Å². The Morgan fingerprint density at radius 2 is 1.46 bits per heavy atom. The molecule has 0 aliphatic heterocycles. The van der Waals surface area contributed by atoms with Crippen LogP contribution < -0.4 is 4.74 Å². The predicted octanol–water partition coefficient (Wildman–Crippen LogP) is 7.71. The van der Waals surface area contributed by atoms with Crippen LogP contribution in [0.1, 0.15) is 36.6 Å². The summed E-state index contributed by atoms with van der Waals surface area (Å²) in [6, 6.07) is 34.1. The molecule has 0 fully saturated rings. The van der Waals surface area contributed by atoms with Gasteiger partial charge >= 0.3 is 0 Å². The molecular formula is C33H35N3O. The molecule has 0 saturated heterocycles. The van der Waals surface area contributed by atoms with Crippen molar-refractivity contribution >= 4 is 10.8 Å². The van der Waals surface area contributed by atoms with Crippen molar-refractivity contribution in [3.63, 3.8) is 0 Å². The van der Waals surface area contributed by atoms with Crippen LogP contribution in [0.5, 0.6) is 5.75 Å². The number of hydrogen-bond donors (Lipinski definition) is 0. The molecule has 0 aliphatic rings. The number of nitrogens with zero attached hydrogens (tertiary/aromatic N) is 3. The number of hydrogen-bond acceptors (Lipinski definition) is 3. The molecule has 0 bridgehead atoms. The van der Waals surface area contributed by atoms with E-state index in [0.29, 0.717) is 0 Å². The number of methoxy groups -OCH3 is 1. The highest BCUT2D eigenvalue weighted by atomic mass is 16.5. The second-order valence-corrected chi connectivity index (χ2v) is 9.54. The van der Waals surface area contributed by atoms with E-state index < -0.39 is 0 Å². The first-order valence-corrected chi connectivity index (χ1v) is 13.2. The summed E-state index contributed by atoms with van der Waals surface area (Å²) in [5.41, 5.74) is 4.92. The van der Waals surface area contributed by atoms with E-state index >= 15 is 0 Å². The third-order valence-electron chi connectivity index (χ3n) is 6.95. The van der Waals surface area contributed by atoms with E-state index in [1.807, 2.05) is 12.1 Å². The van der Waals surface area contributed by atoms with Crippen LogP contribution in [-0.4, -0.2) is 21.6 Å². The third kappa shape index (κ3) is 5.76. The fourth-order valence-electron chi connectivity index (χ4n) is 5.06. The van der Waals surface area contributed by atoms with Gasteiger partial charge in [0.2, 0.25) is 0 Å². The normalized spacial score (nSPS) is 11.3. The molecule has 5 aromatic rings. The minimum absolute atomic E-state index is 0.785. The van der Waals surface area contributed by atoms with Gasteiger partial charge in [-0.05, 0) is 28.8 Å². The number of fused-ring (bicyclic) bond motifs is 1. The molecule has 0 spiro atoms. The van der Waals surface area contributed by atoms with Gasteiger partial charge < -0.3 is 9.30 Å². The molecule has 0 atom stereocenters. The molecule has 1 aromatic heterocycles. The number of imidazole rings is 1. The molecule has 4 nitrogen and oxygen atoms in total. The number of aromatic nitrogens is 2. The van der Waals surface area contributed by atoms with E-state index in [1.165, 1.54) is 27.6 Å². The Kier molecular flexibility index (Phi) is 7.97. The van der Waals surface area contributed by atoms with Crippen LogP contribution in [0.2, 0.25) is 0 Å². The molecule has 0 amide bonds. The second-order valence-electron chi connectivity index (χ2n) is 9.54. The lowest BCUT2D eigenvalue weighted by molar-refractivity contribution is 0.238. The maximum atomic E-state index is 5.71. The van der Waals surface area contributed by atoms with Gasteiger partial charge in [-0.25, -0.2) is 4.98 Å². The summed E-state index contributed by atoms with van der Waals surface area (Å²) in [4.78, 5) is 7.41. The maximum absolute atomic E-state index is 5.71. The topological polar surface area (TPSA) is 30.3 Å². The molecule has 0 radical (unpaired) electrons.